The normalized spacial score (nSPS) is 14.0. The van der Waals surface area contributed by atoms with Crippen molar-refractivity contribution in [3.05, 3.63) is 59.1 Å². The van der Waals surface area contributed by atoms with Crippen molar-refractivity contribution in [1.82, 2.24) is 0 Å². The van der Waals surface area contributed by atoms with Gasteiger partial charge in [0, 0.05) is 11.3 Å². The van der Waals surface area contributed by atoms with Crippen LogP contribution < -0.4 is 5.32 Å². The van der Waals surface area contributed by atoms with E-state index in [0.717, 1.165) is 28.8 Å². The van der Waals surface area contributed by atoms with Crippen LogP contribution in [0.1, 0.15) is 33.9 Å². The average molecular weight is 308 g/mol. The topological polar surface area (TPSA) is 75.3 Å². The van der Waals surface area contributed by atoms with Crippen LogP contribution in [0.3, 0.4) is 0 Å². The Labute approximate surface area is 134 Å². The van der Waals surface area contributed by atoms with E-state index in [4.69, 9.17) is 14.4 Å². The van der Waals surface area contributed by atoms with Gasteiger partial charge in [-0.3, -0.25) is 4.79 Å². The second-order valence-corrected chi connectivity index (χ2v) is 5.33. The molecule has 0 atom stereocenters. The highest BCUT2D eigenvalue weighted by molar-refractivity contribution is 6.04. The Morgan fingerprint density at radius 1 is 1.30 bits per heavy atom. The monoisotopic (exact) mass is 308 g/mol. The molecule has 1 aliphatic rings. The molecule has 0 bridgehead atoms. The maximum absolute atomic E-state index is 12.3. The van der Waals surface area contributed by atoms with E-state index >= 15 is 0 Å². The second-order valence-electron chi connectivity index (χ2n) is 5.33. The summed E-state index contributed by atoms with van der Waals surface area (Å²) in [5.74, 6) is -0.135. The van der Waals surface area contributed by atoms with Gasteiger partial charge in [0.05, 0.1) is 13.2 Å². The first-order valence-electron chi connectivity index (χ1n) is 7.36. The van der Waals surface area contributed by atoms with E-state index < -0.39 is 0 Å². The van der Waals surface area contributed by atoms with E-state index in [9.17, 15) is 4.79 Å². The Morgan fingerprint density at radius 3 is 2.87 bits per heavy atom. The number of hydrogen-bond acceptors (Lipinski definition) is 4. The van der Waals surface area contributed by atoms with Gasteiger partial charge in [-0.25, -0.2) is 0 Å². The van der Waals surface area contributed by atoms with E-state index in [-0.39, 0.29) is 17.4 Å². The standard InChI is InChI=1S/C18H16N2O3/c1-12-2-4-16(15(10-12)13-6-8-22-9-7-13)20-18(21)17-5-3-14(11-19)23-17/h2-6,10H,7-9H2,1H3,(H,20,21). The Hall–Kier alpha value is -2.84. The SMILES string of the molecule is Cc1ccc(NC(=O)c2ccc(C#N)o2)c(C2=CCOCC2)c1. The minimum Gasteiger partial charge on any atom is -0.440 e. The molecule has 0 aliphatic carbocycles. The van der Waals surface area contributed by atoms with Crippen molar-refractivity contribution >= 4 is 17.2 Å². The molecule has 1 N–H and O–H groups in total. The molecule has 0 spiro atoms. The molecular formula is C18H16N2O3. The van der Waals surface area contributed by atoms with Crippen molar-refractivity contribution in [2.75, 3.05) is 18.5 Å². The number of anilines is 1. The molecule has 2 heterocycles. The van der Waals surface area contributed by atoms with E-state index in [1.165, 1.54) is 12.1 Å². The smallest absolute Gasteiger partial charge is 0.291 e. The summed E-state index contributed by atoms with van der Waals surface area (Å²) in [6.45, 7) is 3.28. The molecular weight excluding hydrogens is 292 g/mol. The van der Waals surface area contributed by atoms with E-state index in [1.54, 1.807) is 0 Å². The maximum Gasteiger partial charge on any atom is 0.291 e. The molecule has 2 aromatic rings. The lowest BCUT2D eigenvalue weighted by molar-refractivity contribution is 0.0996. The van der Waals surface area contributed by atoms with Gasteiger partial charge >= 0.3 is 0 Å². The van der Waals surface area contributed by atoms with Crippen molar-refractivity contribution in [2.45, 2.75) is 13.3 Å². The van der Waals surface area contributed by atoms with Gasteiger partial charge in [-0.2, -0.15) is 5.26 Å². The Morgan fingerprint density at radius 2 is 2.17 bits per heavy atom. The summed E-state index contributed by atoms with van der Waals surface area (Å²) in [7, 11) is 0. The van der Waals surface area contributed by atoms with Crippen molar-refractivity contribution < 1.29 is 13.9 Å². The lowest BCUT2D eigenvalue weighted by Gasteiger charge is -2.18. The van der Waals surface area contributed by atoms with E-state index in [2.05, 4.69) is 11.4 Å². The van der Waals surface area contributed by atoms with Crippen LogP contribution in [-0.4, -0.2) is 19.1 Å². The molecule has 1 aromatic heterocycles. The highest BCUT2D eigenvalue weighted by atomic mass is 16.5. The van der Waals surface area contributed by atoms with Gasteiger partial charge in [0.2, 0.25) is 5.76 Å². The van der Waals surface area contributed by atoms with Crippen LogP contribution in [0.5, 0.6) is 0 Å². The van der Waals surface area contributed by atoms with Crippen LogP contribution in [0, 0.1) is 18.3 Å². The molecule has 1 amide bonds. The van der Waals surface area contributed by atoms with Gasteiger partial charge in [-0.05, 0) is 43.2 Å². The highest BCUT2D eigenvalue weighted by Crippen LogP contribution is 2.29. The van der Waals surface area contributed by atoms with Gasteiger partial charge in [0.15, 0.2) is 5.76 Å². The van der Waals surface area contributed by atoms with Gasteiger partial charge in [0.25, 0.3) is 5.91 Å². The minimum atomic E-state index is -0.371. The first-order chi connectivity index (χ1) is 11.2. The fourth-order valence-electron chi connectivity index (χ4n) is 2.51. The quantitative estimate of drug-likeness (QED) is 0.941. The number of ether oxygens (including phenoxy) is 1. The minimum absolute atomic E-state index is 0.117. The zero-order chi connectivity index (χ0) is 16.2. The van der Waals surface area contributed by atoms with Gasteiger partial charge in [-0.1, -0.05) is 17.7 Å². The average Bonchev–Trinajstić information content (AvgIpc) is 3.06. The summed E-state index contributed by atoms with van der Waals surface area (Å²) in [6.07, 6.45) is 2.85. The Bertz CT molecular complexity index is 812. The van der Waals surface area contributed by atoms with Crippen LogP contribution in [-0.2, 0) is 4.74 Å². The number of furan rings is 1. The predicted molar refractivity (Wildman–Crippen MR) is 86.0 cm³/mol. The number of nitriles is 1. The van der Waals surface area contributed by atoms with Crippen LogP contribution >= 0.6 is 0 Å². The summed E-state index contributed by atoms with van der Waals surface area (Å²) in [6, 6.07) is 10.7. The summed E-state index contributed by atoms with van der Waals surface area (Å²) < 4.78 is 10.5. The molecule has 0 fully saturated rings. The fourth-order valence-corrected chi connectivity index (χ4v) is 2.51. The molecule has 116 valence electrons. The number of carbonyl (C=O) groups excluding carboxylic acids is 1. The molecule has 5 nitrogen and oxygen atoms in total. The van der Waals surface area contributed by atoms with Crippen LogP contribution in [0.2, 0.25) is 0 Å². The number of hydrogen-bond donors (Lipinski definition) is 1. The lowest BCUT2D eigenvalue weighted by atomic mass is 9.97. The number of nitrogens with one attached hydrogen (secondary N) is 1. The largest absolute Gasteiger partial charge is 0.440 e. The first kappa shape index (κ1) is 15.1. The number of rotatable bonds is 3. The number of carbonyl (C=O) groups is 1. The van der Waals surface area contributed by atoms with E-state index in [0.29, 0.717) is 13.2 Å². The first-order valence-corrected chi connectivity index (χ1v) is 7.36. The summed E-state index contributed by atoms with van der Waals surface area (Å²) >= 11 is 0. The summed E-state index contributed by atoms with van der Waals surface area (Å²) in [5, 5.41) is 11.6. The number of benzene rings is 1. The van der Waals surface area contributed by atoms with Crippen LogP contribution in [0.15, 0.2) is 40.8 Å². The molecule has 1 aromatic carbocycles. The van der Waals surface area contributed by atoms with Crippen LogP contribution in [0.25, 0.3) is 5.57 Å². The predicted octanol–water partition coefficient (Wildman–Crippen LogP) is 3.52. The molecule has 1 aliphatic heterocycles. The third-order valence-electron chi connectivity index (χ3n) is 3.67. The second kappa shape index (κ2) is 6.51. The number of amides is 1. The number of nitrogens with zero attached hydrogens (tertiary/aromatic N) is 1. The lowest BCUT2D eigenvalue weighted by Crippen LogP contribution is -2.13. The van der Waals surface area contributed by atoms with Gasteiger partial charge in [0.1, 0.15) is 6.07 Å². The molecule has 23 heavy (non-hydrogen) atoms. The summed E-state index contributed by atoms with van der Waals surface area (Å²) in [5.41, 5.74) is 4.00. The third-order valence-corrected chi connectivity index (χ3v) is 3.67. The van der Waals surface area contributed by atoms with E-state index in [1.807, 2.05) is 31.2 Å². The molecule has 5 heteroatoms. The molecule has 3 rings (SSSR count). The third kappa shape index (κ3) is 3.33. The van der Waals surface area contributed by atoms with Crippen molar-refractivity contribution in [3.63, 3.8) is 0 Å². The summed E-state index contributed by atoms with van der Waals surface area (Å²) in [4.78, 5) is 12.3. The maximum atomic E-state index is 12.3. The zero-order valence-corrected chi connectivity index (χ0v) is 12.8. The number of aryl methyl sites for hydroxylation is 1. The van der Waals surface area contributed by atoms with Crippen molar-refractivity contribution in [1.29, 1.82) is 5.26 Å². The molecule has 0 radical (unpaired) electrons. The molecule has 0 saturated heterocycles. The van der Waals surface area contributed by atoms with Crippen LogP contribution in [0.4, 0.5) is 5.69 Å². The van der Waals surface area contributed by atoms with Gasteiger partial charge < -0.3 is 14.5 Å². The Kier molecular flexibility index (Phi) is 4.26. The Balaban J connectivity index is 1.89. The molecule has 0 saturated carbocycles. The van der Waals surface area contributed by atoms with Gasteiger partial charge in [-0.15, -0.1) is 0 Å². The molecule has 0 unspecified atom stereocenters. The zero-order valence-electron chi connectivity index (χ0n) is 12.8. The van der Waals surface area contributed by atoms with Crippen molar-refractivity contribution in [2.24, 2.45) is 0 Å². The van der Waals surface area contributed by atoms with Crippen molar-refractivity contribution in [3.8, 4) is 6.07 Å². The fraction of sp³-hybridized carbons (Fsp3) is 0.222. The highest BCUT2D eigenvalue weighted by Gasteiger charge is 2.16.